The van der Waals surface area contributed by atoms with Gasteiger partial charge < -0.3 is 19.5 Å². The lowest BCUT2D eigenvalue weighted by molar-refractivity contribution is 0.325. The molecule has 114 valence electrons. The third-order valence-corrected chi connectivity index (χ3v) is 3.85. The van der Waals surface area contributed by atoms with Crippen LogP contribution in [0.3, 0.4) is 0 Å². The van der Waals surface area contributed by atoms with Gasteiger partial charge in [0, 0.05) is 31.7 Å². The highest BCUT2D eigenvalue weighted by atomic mass is 16.4. The first-order valence-corrected chi connectivity index (χ1v) is 7.73. The van der Waals surface area contributed by atoms with Crippen molar-refractivity contribution in [3.8, 4) is 0 Å². The van der Waals surface area contributed by atoms with E-state index < -0.39 is 0 Å². The van der Waals surface area contributed by atoms with Gasteiger partial charge in [-0.15, -0.1) is 0 Å². The molecule has 0 aliphatic carbocycles. The summed E-state index contributed by atoms with van der Waals surface area (Å²) in [5, 5.41) is 3.37. The summed E-state index contributed by atoms with van der Waals surface area (Å²) in [5.41, 5.74) is 0.987. The maximum absolute atomic E-state index is 5.72. The molecule has 0 amide bonds. The highest BCUT2D eigenvalue weighted by Gasteiger charge is 2.25. The second kappa shape index (κ2) is 7.09. The molecule has 1 saturated heterocycles. The summed E-state index contributed by atoms with van der Waals surface area (Å²) in [5.74, 6) is 0. The average Bonchev–Trinajstić information content (AvgIpc) is 2.79. The SMILES string of the molecule is CCC1CN(C)CCCN1c1nc(CNC(C)C)co1. The molecule has 0 aromatic carbocycles. The molecule has 0 saturated carbocycles. The van der Waals surface area contributed by atoms with Gasteiger partial charge >= 0.3 is 0 Å². The van der Waals surface area contributed by atoms with Crippen molar-refractivity contribution in [2.24, 2.45) is 0 Å². The minimum absolute atomic E-state index is 0.463. The van der Waals surface area contributed by atoms with Crippen LogP contribution >= 0.6 is 0 Å². The van der Waals surface area contributed by atoms with Crippen LogP contribution in [0.15, 0.2) is 10.7 Å². The van der Waals surface area contributed by atoms with Crippen molar-refractivity contribution in [1.29, 1.82) is 0 Å². The molecule has 1 N–H and O–H groups in total. The lowest BCUT2D eigenvalue weighted by Gasteiger charge is -2.28. The van der Waals surface area contributed by atoms with Gasteiger partial charge in [-0.05, 0) is 26.4 Å². The molecule has 1 aromatic heterocycles. The third-order valence-electron chi connectivity index (χ3n) is 3.85. The fourth-order valence-corrected chi connectivity index (χ4v) is 2.66. The van der Waals surface area contributed by atoms with Gasteiger partial charge in [-0.3, -0.25) is 0 Å². The van der Waals surface area contributed by atoms with Crippen LogP contribution in [0.1, 0.15) is 39.3 Å². The average molecular weight is 280 g/mol. The largest absolute Gasteiger partial charge is 0.432 e. The van der Waals surface area contributed by atoms with Gasteiger partial charge in [-0.25, -0.2) is 0 Å². The molecule has 0 radical (unpaired) electrons. The lowest BCUT2D eigenvalue weighted by Crippen LogP contribution is -2.40. The van der Waals surface area contributed by atoms with Gasteiger partial charge in [0.05, 0.1) is 5.69 Å². The summed E-state index contributed by atoms with van der Waals surface area (Å²) in [6.45, 7) is 10.5. The zero-order valence-corrected chi connectivity index (χ0v) is 13.2. The lowest BCUT2D eigenvalue weighted by atomic mass is 10.2. The van der Waals surface area contributed by atoms with Crippen LogP contribution in [0.2, 0.25) is 0 Å². The number of anilines is 1. The fourth-order valence-electron chi connectivity index (χ4n) is 2.66. The highest BCUT2D eigenvalue weighted by molar-refractivity contribution is 5.29. The second-order valence-electron chi connectivity index (χ2n) is 6.03. The third kappa shape index (κ3) is 3.96. The molecule has 5 heteroatoms. The summed E-state index contributed by atoms with van der Waals surface area (Å²) in [4.78, 5) is 9.39. The predicted molar refractivity (Wildman–Crippen MR) is 82.0 cm³/mol. The molecule has 1 aliphatic heterocycles. The second-order valence-corrected chi connectivity index (χ2v) is 6.03. The van der Waals surface area contributed by atoms with Gasteiger partial charge in [-0.2, -0.15) is 4.98 Å². The van der Waals surface area contributed by atoms with Crippen LogP contribution in [0.5, 0.6) is 0 Å². The topological polar surface area (TPSA) is 44.5 Å². The van der Waals surface area contributed by atoms with E-state index in [1.807, 2.05) is 0 Å². The number of hydrogen-bond donors (Lipinski definition) is 1. The van der Waals surface area contributed by atoms with Crippen molar-refractivity contribution in [3.05, 3.63) is 12.0 Å². The molecule has 1 unspecified atom stereocenters. The minimum Gasteiger partial charge on any atom is -0.432 e. The molecule has 1 aromatic rings. The van der Waals surface area contributed by atoms with Crippen molar-refractivity contribution in [2.75, 3.05) is 31.6 Å². The molecular formula is C15H28N4O. The van der Waals surface area contributed by atoms with Crippen LogP contribution in [-0.4, -0.2) is 48.6 Å². The number of nitrogens with zero attached hydrogens (tertiary/aromatic N) is 3. The van der Waals surface area contributed by atoms with Crippen LogP contribution < -0.4 is 10.2 Å². The zero-order chi connectivity index (χ0) is 14.5. The number of likely N-dealkylation sites (N-methyl/N-ethyl adjacent to an activating group) is 1. The van der Waals surface area contributed by atoms with E-state index >= 15 is 0 Å². The van der Waals surface area contributed by atoms with E-state index in [0.29, 0.717) is 12.1 Å². The van der Waals surface area contributed by atoms with Crippen molar-refractivity contribution in [3.63, 3.8) is 0 Å². The Morgan fingerprint density at radius 1 is 1.45 bits per heavy atom. The minimum atomic E-state index is 0.463. The number of nitrogens with one attached hydrogen (secondary N) is 1. The summed E-state index contributed by atoms with van der Waals surface area (Å²) in [7, 11) is 2.19. The first-order chi connectivity index (χ1) is 9.60. The molecule has 0 bridgehead atoms. The number of aromatic nitrogens is 1. The maximum atomic E-state index is 5.72. The Morgan fingerprint density at radius 2 is 2.25 bits per heavy atom. The quantitative estimate of drug-likeness (QED) is 0.895. The predicted octanol–water partition coefficient (Wildman–Crippen LogP) is 2.09. The monoisotopic (exact) mass is 280 g/mol. The summed E-state index contributed by atoms with van der Waals surface area (Å²) in [6.07, 6.45) is 4.06. The normalized spacial score (nSPS) is 21.4. The summed E-state index contributed by atoms with van der Waals surface area (Å²) < 4.78 is 5.72. The first-order valence-electron chi connectivity index (χ1n) is 7.73. The van der Waals surface area contributed by atoms with Crippen molar-refractivity contribution >= 4 is 6.01 Å². The Hall–Kier alpha value is -1.07. The summed E-state index contributed by atoms with van der Waals surface area (Å²) in [6, 6.07) is 1.74. The van der Waals surface area contributed by atoms with Gasteiger partial charge in [0.2, 0.25) is 0 Å². The molecule has 2 rings (SSSR count). The van der Waals surface area contributed by atoms with Crippen LogP contribution in [-0.2, 0) is 6.54 Å². The summed E-state index contributed by atoms with van der Waals surface area (Å²) >= 11 is 0. The van der Waals surface area contributed by atoms with E-state index in [4.69, 9.17) is 4.42 Å². The van der Waals surface area contributed by atoms with Crippen LogP contribution in [0, 0.1) is 0 Å². The zero-order valence-electron chi connectivity index (χ0n) is 13.2. The van der Waals surface area contributed by atoms with Gasteiger partial charge in [0.15, 0.2) is 0 Å². The molecule has 20 heavy (non-hydrogen) atoms. The Morgan fingerprint density at radius 3 is 2.95 bits per heavy atom. The van der Waals surface area contributed by atoms with Gasteiger partial charge in [0.1, 0.15) is 6.26 Å². The first kappa shape index (κ1) is 15.3. The molecule has 1 fully saturated rings. The Bertz CT molecular complexity index is 404. The molecule has 0 spiro atoms. The maximum Gasteiger partial charge on any atom is 0.297 e. The van der Waals surface area contributed by atoms with E-state index in [-0.39, 0.29) is 0 Å². The van der Waals surface area contributed by atoms with Crippen LogP contribution in [0.25, 0.3) is 0 Å². The standard InChI is InChI=1S/C15H28N4O/c1-5-14-10-18(4)7-6-8-19(14)15-17-13(11-20-15)9-16-12(2)3/h11-12,14,16H,5-10H2,1-4H3. The van der Waals surface area contributed by atoms with Gasteiger partial charge in [0.25, 0.3) is 6.01 Å². The Kier molecular flexibility index (Phi) is 5.43. The fraction of sp³-hybridized carbons (Fsp3) is 0.800. The van der Waals surface area contributed by atoms with Crippen LogP contribution in [0.4, 0.5) is 6.01 Å². The number of hydrogen-bond acceptors (Lipinski definition) is 5. The smallest absolute Gasteiger partial charge is 0.297 e. The molecule has 5 nitrogen and oxygen atoms in total. The van der Waals surface area contributed by atoms with Gasteiger partial charge in [-0.1, -0.05) is 20.8 Å². The Balaban J connectivity index is 2.04. The van der Waals surface area contributed by atoms with E-state index in [2.05, 4.69) is 47.9 Å². The van der Waals surface area contributed by atoms with E-state index in [1.54, 1.807) is 6.26 Å². The molecule has 2 heterocycles. The van der Waals surface area contributed by atoms with Crippen molar-refractivity contribution in [1.82, 2.24) is 15.2 Å². The number of rotatable bonds is 5. The van der Waals surface area contributed by atoms with Crippen molar-refractivity contribution < 1.29 is 4.42 Å². The van der Waals surface area contributed by atoms with E-state index in [0.717, 1.165) is 50.7 Å². The van der Waals surface area contributed by atoms with Crippen molar-refractivity contribution in [2.45, 2.75) is 52.2 Å². The highest BCUT2D eigenvalue weighted by Crippen LogP contribution is 2.21. The van der Waals surface area contributed by atoms with E-state index in [9.17, 15) is 0 Å². The molecule has 1 atom stereocenters. The van der Waals surface area contributed by atoms with E-state index in [1.165, 1.54) is 0 Å². The molecule has 1 aliphatic rings. The number of oxazole rings is 1. The molecular weight excluding hydrogens is 252 g/mol. The Labute approximate surface area is 122 Å².